The van der Waals surface area contributed by atoms with Crippen LogP contribution >= 0.6 is 0 Å². The molecule has 1 fully saturated rings. The fourth-order valence-corrected chi connectivity index (χ4v) is 5.01. The number of carbonyl (C=O) groups is 1. The number of benzene rings is 2. The number of piperidine rings is 1. The van der Waals surface area contributed by atoms with Gasteiger partial charge in [0.15, 0.2) is 5.76 Å². The van der Waals surface area contributed by atoms with Crippen molar-refractivity contribution in [2.75, 3.05) is 27.2 Å². The number of rotatable bonds is 4. The number of amides is 1. The van der Waals surface area contributed by atoms with Crippen LogP contribution in [0.4, 0.5) is 0 Å². The summed E-state index contributed by atoms with van der Waals surface area (Å²) >= 11 is 0. The van der Waals surface area contributed by atoms with Crippen LogP contribution < -0.4 is 0 Å². The number of pyridine rings is 1. The Balaban J connectivity index is 1.25. The first-order valence-electron chi connectivity index (χ1n) is 12.1. The van der Waals surface area contributed by atoms with Crippen molar-refractivity contribution in [2.45, 2.75) is 18.9 Å². The maximum atomic E-state index is 13.0. The zero-order valence-electron chi connectivity index (χ0n) is 20.0. The molecular weight excluding hydrogens is 436 g/mol. The third-order valence-electron chi connectivity index (χ3n) is 7.13. The number of hydrogen-bond acceptors (Lipinski definition) is 4. The van der Waals surface area contributed by atoms with E-state index in [1.165, 1.54) is 0 Å². The molecule has 0 spiro atoms. The van der Waals surface area contributed by atoms with Crippen LogP contribution in [-0.4, -0.2) is 58.3 Å². The van der Waals surface area contributed by atoms with Crippen molar-refractivity contribution in [1.82, 2.24) is 19.2 Å². The topological polar surface area (TPSA) is 54.0 Å². The predicted octanol–water partition coefficient (Wildman–Crippen LogP) is 5.58. The largest absolute Gasteiger partial charge is 0.454 e. The van der Waals surface area contributed by atoms with E-state index in [2.05, 4.69) is 40.6 Å². The van der Waals surface area contributed by atoms with Gasteiger partial charge in [0.1, 0.15) is 16.9 Å². The quantitative estimate of drug-likeness (QED) is 0.348. The molecular formula is C29H28N4O2. The molecule has 0 saturated carbocycles. The maximum absolute atomic E-state index is 13.0. The summed E-state index contributed by atoms with van der Waals surface area (Å²) < 4.78 is 8.14. The van der Waals surface area contributed by atoms with Crippen LogP contribution in [0.5, 0.6) is 0 Å². The molecule has 0 radical (unpaired) electrons. The highest BCUT2D eigenvalue weighted by molar-refractivity contribution is 5.94. The number of nitrogens with zero attached hydrogens (tertiary/aromatic N) is 4. The number of likely N-dealkylation sites (tertiary alicyclic amines) is 1. The lowest BCUT2D eigenvalue weighted by Crippen LogP contribution is -2.44. The fourth-order valence-electron chi connectivity index (χ4n) is 5.01. The first-order valence-corrected chi connectivity index (χ1v) is 12.1. The Kier molecular flexibility index (Phi) is 5.38. The molecule has 1 aliphatic rings. The number of aromatic nitrogens is 2. The molecule has 0 N–H and O–H groups in total. The SMILES string of the molecule is CN(C)C1CCN(C(=O)c2ccc(-c3ccc4ncc(-c5cc6ccccc6o5)n4c3)cc2)CC1. The minimum Gasteiger partial charge on any atom is -0.454 e. The summed E-state index contributed by atoms with van der Waals surface area (Å²) in [6.07, 6.45) is 5.97. The third-order valence-corrected chi connectivity index (χ3v) is 7.13. The van der Waals surface area contributed by atoms with Gasteiger partial charge in [-0.1, -0.05) is 30.3 Å². The van der Waals surface area contributed by atoms with Gasteiger partial charge in [-0.15, -0.1) is 0 Å². The van der Waals surface area contributed by atoms with Crippen molar-refractivity contribution in [3.8, 4) is 22.6 Å². The summed E-state index contributed by atoms with van der Waals surface area (Å²) in [6, 6.07) is 22.6. The van der Waals surface area contributed by atoms with E-state index < -0.39 is 0 Å². The zero-order chi connectivity index (χ0) is 23.9. The monoisotopic (exact) mass is 464 g/mol. The highest BCUT2D eigenvalue weighted by Crippen LogP contribution is 2.30. The number of hydrogen-bond donors (Lipinski definition) is 0. The van der Waals surface area contributed by atoms with E-state index >= 15 is 0 Å². The molecule has 2 aromatic carbocycles. The first-order chi connectivity index (χ1) is 17.1. The molecule has 3 aromatic heterocycles. The van der Waals surface area contributed by atoms with Gasteiger partial charge in [0.2, 0.25) is 0 Å². The van der Waals surface area contributed by atoms with E-state index in [1.54, 1.807) is 0 Å². The van der Waals surface area contributed by atoms with Crippen molar-refractivity contribution < 1.29 is 9.21 Å². The minimum absolute atomic E-state index is 0.117. The van der Waals surface area contributed by atoms with Crippen molar-refractivity contribution in [3.05, 3.63) is 84.7 Å². The van der Waals surface area contributed by atoms with Gasteiger partial charge in [-0.2, -0.15) is 0 Å². The molecule has 0 atom stereocenters. The van der Waals surface area contributed by atoms with Crippen molar-refractivity contribution in [1.29, 1.82) is 0 Å². The number of imidazole rings is 1. The second kappa shape index (κ2) is 8.71. The van der Waals surface area contributed by atoms with Gasteiger partial charge >= 0.3 is 0 Å². The van der Waals surface area contributed by atoms with Crippen LogP contribution in [0.3, 0.4) is 0 Å². The Morgan fingerprint density at radius 2 is 1.71 bits per heavy atom. The van der Waals surface area contributed by atoms with E-state index in [0.29, 0.717) is 6.04 Å². The molecule has 0 unspecified atom stereocenters. The Hall–Kier alpha value is -3.90. The summed E-state index contributed by atoms with van der Waals surface area (Å²) in [6.45, 7) is 1.62. The molecule has 6 nitrogen and oxygen atoms in total. The van der Waals surface area contributed by atoms with Gasteiger partial charge in [0, 0.05) is 36.3 Å². The van der Waals surface area contributed by atoms with Gasteiger partial charge in [-0.25, -0.2) is 4.98 Å². The summed E-state index contributed by atoms with van der Waals surface area (Å²) in [4.78, 5) is 21.8. The molecule has 5 aromatic rings. The van der Waals surface area contributed by atoms with Gasteiger partial charge < -0.3 is 14.2 Å². The maximum Gasteiger partial charge on any atom is 0.253 e. The molecule has 1 amide bonds. The van der Waals surface area contributed by atoms with E-state index in [0.717, 1.165) is 70.7 Å². The fraction of sp³-hybridized carbons (Fsp3) is 0.241. The lowest BCUT2D eigenvalue weighted by molar-refractivity contribution is 0.0663. The lowest BCUT2D eigenvalue weighted by atomic mass is 10.0. The molecule has 1 aliphatic heterocycles. The van der Waals surface area contributed by atoms with Crippen LogP contribution in [0, 0.1) is 0 Å². The Morgan fingerprint density at radius 1 is 0.971 bits per heavy atom. The smallest absolute Gasteiger partial charge is 0.253 e. The lowest BCUT2D eigenvalue weighted by Gasteiger charge is -2.35. The van der Waals surface area contributed by atoms with E-state index in [-0.39, 0.29) is 5.91 Å². The standard InChI is InChI=1S/C29H28N4O2/c1-31(2)24-13-15-32(16-14-24)29(34)21-9-7-20(8-10-21)23-11-12-28-30-18-25(33(28)19-23)27-17-22-5-3-4-6-26(22)35-27/h3-12,17-19,24H,13-16H2,1-2H3. The van der Waals surface area contributed by atoms with Crippen molar-refractivity contribution in [2.24, 2.45) is 0 Å². The molecule has 1 saturated heterocycles. The molecule has 0 aliphatic carbocycles. The van der Waals surface area contributed by atoms with Gasteiger partial charge in [0.05, 0.1) is 6.20 Å². The van der Waals surface area contributed by atoms with Gasteiger partial charge in [-0.3, -0.25) is 9.20 Å². The molecule has 35 heavy (non-hydrogen) atoms. The summed E-state index contributed by atoms with van der Waals surface area (Å²) in [5, 5.41) is 1.07. The van der Waals surface area contributed by atoms with Crippen LogP contribution in [0.2, 0.25) is 0 Å². The molecule has 0 bridgehead atoms. The zero-order valence-corrected chi connectivity index (χ0v) is 20.0. The highest BCUT2D eigenvalue weighted by Gasteiger charge is 2.24. The molecule has 4 heterocycles. The average Bonchev–Trinajstić information content (AvgIpc) is 3.52. The minimum atomic E-state index is 0.117. The summed E-state index contributed by atoms with van der Waals surface area (Å²) in [5.41, 5.74) is 5.48. The van der Waals surface area contributed by atoms with Crippen LogP contribution in [0.15, 0.2) is 83.5 Å². The van der Waals surface area contributed by atoms with Crippen LogP contribution in [-0.2, 0) is 0 Å². The van der Waals surface area contributed by atoms with Crippen molar-refractivity contribution in [3.63, 3.8) is 0 Å². The van der Waals surface area contributed by atoms with Gasteiger partial charge in [0.25, 0.3) is 5.91 Å². The highest BCUT2D eigenvalue weighted by atomic mass is 16.3. The van der Waals surface area contributed by atoms with E-state index in [4.69, 9.17) is 4.42 Å². The summed E-state index contributed by atoms with van der Waals surface area (Å²) in [7, 11) is 4.23. The predicted molar refractivity (Wildman–Crippen MR) is 138 cm³/mol. The van der Waals surface area contributed by atoms with E-state index in [1.807, 2.05) is 71.8 Å². The molecule has 6 rings (SSSR count). The number of carbonyl (C=O) groups excluding carboxylic acids is 1. The Morgan fingerprint density at radius 3 is 2.46 bits per heavy atom. The molecule has 176 valence electrons. The van der Waals surface area contributed by atoms with Crippen LogP contribution in [0.1, 0.15) is 23.2 Å². The Bertz CT molecular complexity index is 1470. The van der Waals surface area contributed by atoms with Crippen LogP contribution in [0.25, 0.3) is 39.2 Å². The van der Waals surface area contributed by atoms with E-state index in [9.17, 15) is 4.79 Å². The molecule has 6 heteroatoms. The third kappa shape index (κ3) is 4.00. The number of fused-ring (bicyclic) bond motifs is 2. The van der Waals surface area contributed by atoms with Crippen molar-refractivity contribution >= 4 is 22.5 Å². The first kappa shape index (κ1) is 21.6. The average molecular weight is 465 g/mol. The normalized spacial score (nSPS) is 14.9. The second-order valence-electron chi connectivity index (χ2n) is 9.50. The summed E-state index contributed by atoms with van der Waals surface area (Å²) in [5.74, 6) is 0.904. The number of para-hydroxylation sites is 1. The second-order valence-corrected chi connectivity index (χ2v) is 9.50. The number of furan rings is 1. The van der Waals surface area contributed by atoms with Gasteiger partial charge in [-0.05, 0) is 74.5 Å². The Labute approximate surface area is 204 Å².